The molecule has 0 atom stereocenters. The van der Waals surface area contributed by atoms with E-state index in [0.717, 1.165) is 55.6 Å². The first-order valence-corrected chi connectivity index (χ1v) is 7.87. The van der Waals surface area contributed by atoms with Gasteiger partial charge in [-0.2, -0.15) is 0 Å². The lowest BCUT2D eigenvalue weighted by Gasteiger charge is -2.36. The summed E-state index contributed by atoms with van der Waals surface area (Å²) in [4.78, 5) is 9.38. The zero-order chi connectivity index (χ0) is 15.7. The number of piperazine rings is 1. The van der Waals surface area contributed by atoms with Crippen molar-refractivity contribution in [1.82, 2.24) is 15.0 Å². The molecule has 1 aliphatic rings. The molecule has 3 heterocycles. The van der Waals surface area contributed by atoms with Gasteiger partial charge in [-0.1, -0.05) is 5.16 Å². The number of pyridine rings is 1. The third-order valence-corrected chi connectivity index (χ3v) is 4.37. The van der Waals surface area contributed by atoms with Crippen molar-refractivity contribution in [2.75, 3.05) is 31.1 Å². The summed E-state index contributed by atoms with van der Waals surface area (Å²) >= 11 is 0. The van der Waals surface area contributed by atoms with Gasteiger partial charge < -0.3 is 9.42 Å². The molecule has 22 heavy (non-hydrogen) atoms. The Morgan fingerprint density at radius 2 is 1.64 bits per heavy atom. The van der Waals surface area contributed by atoms with Crippen LogP contribution in [0.2, 0.25) is 0 Å². The summed E-state index contributed by atoms with van der Waals surface area (Å²) in [5, 5.41) is 4.04. The van der Waals surface area contributed by atoms with Crippen LogP contribution in [-0.4, -0.2) is 41.2 Å². The average Bonchev–Trinajstić information content (AvgIpc) is 2.79. The second-order valence-electron chi connectivity index (χ2n) is 6.17. The van der Waals surface area contributed by atoms with Crippen molar-refractivity contribution in [3.05, 3.63) is 40.5 Å². The van der Waals surface area contributed by atoms with Crippen LogP contribution in [0.25, 0.3) is 0 Å². The molecule has 1 aliphatic heterocycles. The van der Waals surface area contributed by atoms with E-state index in [1.54, 1.807) is 0 Å². The van der Waals surface area contributed by atoms with Crippen molar-refractivity contribution in [2.24, 2.45) is 0 Å². The molecule has 1 fully saturated rings. The van der Waals surface area contributed by atoms with E-state index in [9.17, 15) is 0 Å². The van der Waals surface area contributed by atoms with Gasteiger partial charge in [0.15, 0.2) is 0 Å². The second kappa shape index (κ2) is 6.08. The first kappa shape index (κ1) is 15.0. The molecule has 1 saturated heterocycles. The summed E-state index contributed by atoms with van der Waals surface area (Å²) in [6.07, 6.45) is 0. The molecule has 118 valence electrons. The number of nitrogens with zero attached hydrogens (tertiary/aromatic N) is 4. The van der Waals surface area contributed by atoms with Gasteiger partial charge in [-0.25, -0.2) is 0 Å². The monoisotopic (exact) mass is 300 g/mol. The molecule has 0 N–H and O–H groups in total. The fourth-order valence-corrected chi connectivity index (χ4v) is 3.11. The highest BCUT2D eigenvalue weighted by atomic mass is 16.5. The molecule has 0 unspecified atom stereocenters. The van der Waals surface area contributed by atoms with Crippen molar-refractivity contribution < 1.29 is 4.52 Å². The van der Waals surface area contributed by atoms with E-state index in [1.165, 1.54) is 11.3 Å². The Morgan fingerprint density at radius 1 is 1.00 bits per heavy atom. The third-order valence-electron chi connectivity index (χ3n) is 4.37. The zero-order valence-corrected chi connectivity index (χ0v) is 13.9. The van der Waals surface area contributed by atoms with E-state index < -0.39 is 0 Å². The fourth-order valence-electron chi connectivity index (χ4n) is 3.11. The maximum Gasteiger partial charge on any atom is 0.138 e. The topological polar surface area (TPSA) is 45.4 Å². The first-order valence-electron chi connectivity index (χ1n) is 7.87. The number of rotatable bonds is 3. The second-order valence-corrected chi connectivity index (χ2v) is 6.17. The lowest BCUT2D eigenvalue weighted by Crippen LogP contribution is -2.46. The predicted molar refractivity (Wildman–Crippen MR) is 87.2 cm³/mol. The van der Waals surface area contributed by atoms with E-state index in [2.05, 4.69) is 45.9 Å². The van der Waals surface area contributed by atoms with Crippen LogP contribution < -0.4 is 4.90 Å². The van der Waals surface area contributed by atoms with Crippen molar-refractivity contribution in [1.29, 1.82) is 0 Å². The maximum atomic E-state index is 5.26. The quantitative estimate of drug-likeness (QED) is 0.872. The van der Waals surface area contributed by atoms with Gasteiger partial charge >= 0.3 is 0 Å². The Morgan fingerprint density at radius 3 is 2.18 bits per heavy atom. The first-order chi connectivity index (χ1) is 10.5. The highest BCUT2D eigenvalue weighted by Crippen LogP contribution is 2.20. The van der Waals surface area contributed by atoms with Crippen molar-refractivity contribution >= 4 is 5.69 Å². The Hall–Kier alpha value is -1.88. The van der Waals surface area contributed by atoms with Gasteiger partial charge in [0.2, 0.25) is 0 Å². The molecule has 3 rings (SSSR count). The summed E-state index contributed by atoms with van der Waals surface area (Å²) in [5.74, 6) is 0.945. The van der Waals surface area contributed by atoms with Crippen LogP contribution in [0.3, 0.4) is 0 Å². The van der Waals surface area contributed by atoms with Gasteiger partial charge in [-0.3, -0.25) is 9.88 Å². The minimum atomic E-state index is 0.934. The molecule has 5 heteroatoms. The molecular weight excluding hydrogens is 276 g/mol. The lowest BCUT2D eigenvalue weighted by molar-refractivity contribution is 0.248. The fraction of sp³-hybridized carbons (Fsp3) is 0.529. The number of hydrogen-bond donors (Lipinski definition) is 0. The summed E-state index contributed by atoms with van der Waals surface area (Å²) in [6, 6.07) is 4.36. The number of aryl methyl sites for hydroxylation is 4. The minimum absolute atomic E-state index is 0.934. The highest BCUT2D eigenvalue weighted by Gasteiger charge is 2.20. The number of hydrogen-bond acceptors (Lipinski definition) is 5. The predicted octanol–water partition coefficient (Wildman–Crippen LogP) is 2.63. The normalized spacial score (nSPS) is 16.3. The van der Waals surface area contributed by atoms with E-state index in [4.69, 9.17) is 4.52 Å². The Bertz CT molecular complexity index is 617. The highest BCUT2D eigenvalue weighted by molar-refractivity contribution is 5.48. The van der Waals surface area contributed by atoms with E-state index in [1.807, 2.05) is 13.8 Å². The maximum absolute atomic E-state index is 5.26. The van der Waals surface area contributed by atoms with Crippen LogP contribution in [0.1, 0.15) is 28.4 Å². The van der Waals surface area contributed by atoms with E-state index >= 15 is 0 Å². The lowest BCUT2D eigenvalue weighted by atomic mass is 10.1. The molecule has 2 aromatic rings. The molecular formula is C17H24N4O. The smallest absolute Gasteiger partial charge is 0.138 e. The van der Waals surface area contributed by atoms with Crippen molar-refractivity contribution in [3.63, 3.8) is 0 Å². The standard InChI is InChI=1S/C17H24N4O/c1-12-9-16(10-13(2)18-12)21-7-5-20(6-8-21)11-17-14(3)19-22-15(17)4/h9-10H,5-8,11H2,1-4H3. The van der Waals surface area contributed by atoms with Crippen molar-refractivity contribution in [2.45, 2.75) is 34.2 Å². The SMILES string of the molecule is Cc1cc(N2CCN(Cc3c(C)noc3C)CC2)cc(C)n1. The molecule has 0 amide bonds. The van der Waals surface area contributed by atoms with Crippen LogP contribution in [0.5, 0.6) is 0 Å². The largest absolute Gasteiger partial charge is 0.369 e. The summed E-state index contributed by atoms with van der Waals surface area (Å²) in [5.41, 5.74) is 5.73. The average molecular weight is 300 g/mol. The van der Waals surface area contributed by atoms with Crippen LogP contribution in [-0.2, 0) is 6.54 Å². The van der Waals surface area contributed by atoms with Crippen LogP contribution >= 0.6 is 0 Å². The molecule has 0 radical (unpaired) electrons. The number of anilines is 1. The molecule has 0 bridgehead atoms. The van der Waals surface area contributed by atoms with Gasteiger partial charge in [0.1, 0.15) is 5.76 Å². The minimum Gasteiger partial charge on any atom is -0.369 e. The van der Waals surface area contributed by atoms with Gasteiger partial charge in [0.05, 0.1) is 5.69 Å². The van der Waals surface area contributed by atoms with Gasteiger partial charge in [-0.05, 0) is 39.8 Å². The Balaban J connectivity index is 1.63. The van der Waals surface area contributed by atoms with Gasteiger partial charge in [-0.15, -0.1) is 0 Å². The third kappa shape index (κ3) is 3.14. The summed E-state index contributed by atoms with van der Waals surface area (Å²) in [6.45, 7) is 13.3. The molecule has 0 aliphatic carbocycles. The van der Waals surface area contributed by atoms with E-state index in [0.29, 0.717) is 0 Å². The van der Waals surface area contributed by atoms with Crippen LogP contribution in [0, 0.1) is 27.7 Å². The van der Waals surface area contributed by atoms with Gasteiger partial charge in [0.25, 0.3) is 0 Å². The van der Waals surface area contributed by atoms with Crippen LogP contribution in [0.15, 0.2) is 16.7 Å². The molecule has 0 aromatic carbocycles. The zero-order valence-electron chi connectivity index (χ0n) is 13.9. The molecule has 0 spiro atoms. The number of aromatic nitrogens is 2. The Kier molecular flexibility index (Phi) is 4.16. The Labute approximate surface area is 131 Å². The molecule has 0 saturated carbocycles. The summed E-state index contributed by atoms with van der Waals surface area (Å²) < 4.78 is 5.26. The van der Waals surface area contributed by atoms with E-state index in [-0.39, 0.29) is 0 Å². The van der Waals surface area contributed by atoms with Crippen LogP contribution in [0.4, 0.5) is 5.69 Å². The molecule has 5 nitrogen and oxygen atoms in total. The van der Waals surface area contributed by atoms with Crippen molar-refractivity contribution in [3.8, 4) is 0 Å². The van der Waals surface area contributed by atoms with Gasteiger partial charge in [0, 0.05) is 55.4 Å². The summed E-state index contributed by atoms with van der Waals surface area (Å²) in [7, 11) is 0. The molecule has 2 aromatic heterocycles.